The molecular weight excluding hydrogens is 200 g/mol. The molecule has 3 heterocycles. The molecule has 4 nitrogen and oxygen atoms in total. The zero-order valence-corrected chi connectivity index (χ0v) is 9.30. The molecule has 0 saturated heterocycles. The molecule has 1 unspecified atom stereocenters. The topological polar surface area (TPSA) is 43.6 Å². The SMILES string of the molecule is CC1CCc2nc(-c3ccncc3)nn2C1. The lowest BCUT2D eigenvalue weighted by Crippen LogP contribution is -2.18. The van der Waals surface area contributed by atoms with E-state index in [1.165, 1.54) is 6.42 Å². The number of fused-ring (bicyclic) bond motifs is 1. The van der Waals surface area contributed by atoms with E-state index in [1.807, 2.05) is 16.8 Å². The van der Waals surface area contributed by atoms with E-state index in [-0.39, 0.29) is 0 Å². The van der Waals surface area contributed by atoms with Gasteiger partial charge in [0.2, 0.25) is 0 Å². The van der Waals surface area contributed by atoms with Gasteiger partial charge in [-0.25, -0.2) is 9.67 Å². The predicted octanol–water partition coefficient (Wildman–Crippen LogP) is 1.92. The van der Waals surface area contributed by atoms with Gasteiger partial charge in [0.25, 0.3) is 0 Å². The number of pyridine rings is 1. The summed E-state index contributed by atoms with van der Waals surface area (Å²) in [5.41, 5.74) is 1.05. The highest BCUT2D eigenvalue weighted by Crippen LogP contribution is 2.21. The smallest absolute Gasteiger partial charge is 0.181 e. The number of aromatic nitrogens is 4. The van der Waals surface area contributed by atoms with Gasteiger partial charge in [-0.2, -0.15) is 5.10 Å². The van der Waals surface area contributed by atoms with Gasteiger partial charge < -0.3 is 0 Å². The van der Waals surface area contributed by atoms with Gasteiger partial charge in [-0.3, -0.25) is 4.98 Å². The third kappa shape index (κ3) is 1.60. The lowest BCUT2D eigenvalue weighted by atomic mass is 10.0. The first-order chi connectivity index (χ1) is 7.83. The highest BCUT2D eigenvalue weighted by atomic mass is 15.4. The van der Waals surface area contributed by atoms with Crippen LogP contribution in [0.2, 0.25) is 0 Å². The minimum atomic E-state index is 0.708. The molecule has 0 spiro atoms. The molecule has 0 aliphatic carbocycles. The van der Waals surface area contributed by atoms with Gasteiger partial charge >= 0.3 is 0 Å². The molecule has 0 saturated carbocycles. The maximum Gasteiger partial charge on any atom is 0.181 e. The van der Waals surface area contributed by atoms with E-state index in [9.17, 15) is 0 Å². The second kappa shape index (κ2) is 3.70. The monoisotopic (exact) mass is 214 g/mol. The Morgan fingerprint density at radius 2 is 2.12 bits per heavy atom. The van der Waals surface area contributed by atoms with Crippen LogP contribution in [0.1, 0.15) is 19.2 Å². The molecule has 2 aromatic rings. The van der Waals surface area contributed by atoms with Crippen molar-refractivity contribution < 1.29 is 0 Å². The predicted molar refractivity (Wildman–Crippen MR) is 60.7 cm³/mol. The lowest BCUT2D eigenvalue weighted by molar-refractivity contribution is 0.368. The Kier molecular flexibility index (Phi) is 2.20. The van der Waals surface area contributed by atoms with Gasteiger partial charge in [-0.15, -0.1) is 0 Å². The minimum absolute atomic E-state index is 0.708. The highest BCUT2D eigenvalue weighted by Gasteiger charge is 2.18. The van der Waals surface area contributed by atoms with E-state index in [4.69, 9.17) is 0 Å². The Balaban J connectivity index is 1.99. The molecule has 3 rings (SSSR count). The largest absolute Gasteiger partial charge is 0.265 e. The number of rotatable bonds is 1. The molecule has 0 bridgehead atoms. The van der Waals surface area contributed by atoms with Crippen LogP contribution in [0.4, 0.5) is 0 Å². The number of hydrogen-bond donors (Lipinski definition) is 0. The third-order valence-electron chi connectivity index (χ3n) is 3.03. The van der Waals surface area contributed by atoms with Crippen LogP contribution in [-0.2, 0) is 13.0 Å². The molecule has 0 aromatic carbocycles. The van der Waals surface area contributed by atoms with Crippen molar-refractivity contribution in [2.75, 3.05) is 0 Å². The molecule has 0 radical (unpaired) electrons. The summed E-state index contributed by atoms with van der Waals surface area (Å²) in [4.78, 5) is 8.58. The molecule has 0 fully saturated rings. The zero-order chi connectivity index (χ0) is 11.0. The molecule has 1 aliphatic rings. The zero-order valence-electron chi connectivity index (χ0n) is 9.30. The number of hydrogen-bond acceptors (Lipinski definition) is 3. The first kappa shape index (κ1) is 9.51. The average molecular weight is 214 g/mol. The van der Waals surface area contributed by atoms with Crippen molar-refractivity contribution in [3.63, 3.8) is 0 Å². The Morgan fingerprint density at radius 3 is 2.94 bits per heavy atom. The van der Waals surface area contributed by atoms with Crippen LogP contribution in [0, 0.1) is 5.92 Å². The first-order valence-electron chi connectivity index (χ1n) is 5.67. The summed E-state index contributed by atoms with van der Waals surface area (Å²) in [7, 11) is 0. The van der Waals surface area contributed by atoms with E-state index < -0.39 is 0 Å². The maximum absolute atomic E-state index is 4.58. The second-order valence-electron chi connectivity index (χ2n) is 4.41. The van der Waals surface area contributed by atoms with Gasteiger partial charge in [0, 0.05) is 30.9 Å². The quantitative estimate of drug-likeness (QED) is 0.728. The normalized spacial score (nSPS) is 19.4. The van der Waals surface area contributed by atoms with E-state index >= 15 is 0 Å². The molecule has 4 heteroatoms. The fourth-order valence-corrected chi connectivity index (χ4v) is 2.09. The van der Waals surface area contributed by atoms with Crippen LogP contribution in [0.25, 0.3) is 11.4 Å². The van der Waals surface area contributed by atoms with Crippen LogP contribution < -0.4 is 0 Å². The van der Waals surface area contributed by atoms with Crippen molar-refractivity contribution >= 4 is 0 Å². The average Bonchev–Trinajstić information content (AvgIpc) is 2.73. The Hall–Kier alpha value is -1.71. The molecule has 16 heavy (non-hydrogen) atoms. The van der Waals surface area contributed by atoms with E-state index in [2.05, 4.69) is 22.0 Å². The summed E-state index contributed by atoms with van der Waals surface area (Å²) in [5.74, 6) is 2.65. The Bertz CT molecular complexity index is 489. The van der Waals surface area contributed by atoms with E-state index in [1.54, 1.807) is 12.4 Å². The van der Waals surface area contributed by atoms with E-state index in [0.29, 0.717) is 5.92 Å². The fraction of sp³-hybridized carbons (Fsp3) is 0.417. The molecule has 82 valence electrons. The van der Waals surface area contributed by atoms with Crippen molar-refractivity contribution in [3.8, 4) is 11.4 Å². The molecule has 1 aliphatic heterocycles. The summed E-state index contributed by atoms with van der Waals surface area (Å²) < 4.78 is 2.05. The summed E-state index contributed by atoms with van der Waals surface area (Å²) in [6.07, 6.45) is 5.81. The van der Waals surface area contributed by atoms with Gasteiger partial charge in [-0.1, -0.05) is 6.92 Å². The van der Waals surface area contributed by atoms with Gasteiger partial charge in [0.1, 0.15) is 5.82 Å². The summed E-state index contributed by atoms with van der Waals surface area (Å²) >= 11 is 0. The lowest BCUT2D eigenvalue weighted by Gasteiger charge is -2.17. The van der Waals surface area contributed by atoms with Crippen molar-refractivity contribution in [1.82, 2.24) is 19.7 Å². The maximum atomic E-state index is 4.58. The molecule has 0 amide bonds. The summed E-state index contributed by atoms with van der Waals surface area (Å²) in [6, 6.07) is 3.90. The number of nitrogens with zero attached hydrogens (tertiary/aromatic N) is 4. The minimum Gasteiger partial charge on any atom is -0.265 e. The molecule has 0 N–H and O–H groups in total. The molecule has 1 atom stereocenters. The van der Waals surface area contributed by atoms with Gasteiger partial charge in [0.05, 0.1) is 0 Å². The van der Waals surface area contributed by atoms with Gasteiger partial charge in [-0.05, 0) is 24.5 Å². The van der Waals surface area contributed by atoms with Crippen molar-refractivity contribution in [3.05, 3.63) is 30.4 Å². The highest BCUT2D eigenvalue weighted by molar-refractivity contribution is 5.53. The third-order valence-corrected chi connectivity index (χ3v) is 3.03. The van der Waals surface area contributed by atoms with Crippen LogP contribution in [0.3, 0.4) is 0 Å². The Morgan fingerprint density at radius 1 is 1.31 bits per heavy atom. The second-order valence-corrected chi connectivity index (χ2v) is 4.41. The van der Waals surface area contributed by atoms with Crippen LogP contribution in [0.15, 0.2) is 24.5 Å². The standard InChI is InChI=1S/C12H14N4/c1-9-2-3-11-14-12(15-16(11)8-9)10-4-6-13-7-5-10/h4-7,9H,2-3,8H2,1H3. The van der Waals surface area contributed by atoms with Crippen LogP contribution in [0.5, 0.6) is 0 Å². The Labute approximate surface area is 94.4 Å². The molecule has 2 aromatic heterocycles. The fourth-order valence-electron chi connectivity index (χ4n) is 2.09. The first-order valence-corrected chi connectivity index (χ1v) is 5.67. The van der Waals surface area contributed by atoms with Crippen LogP contribution >= 0.6 is 0 Å². The van der Waals surface area contributed by atoms with Crippen molar-refractivity contribution in [1.29, 1.82) is 0 Å². The van der Waals surface area contributed by atoms with Crippen molar-refractivity contribution in [2.45, 2.75) is 26.3 Å². The van der Waals surface area contributed by atoms with Crippen LogP contribution in [-0.4, -0.2) is 19.7 Å². The molecular formula is C12H14N4. The van der Waals surface area contributed by atoms with E-state index in [0.717, 1.165) is 30.2 Å². The van der Waals surface area contributed by atoms with Crippen molar-refractivity contribution in [2.24, 2.45) is 5.92 Å². The summed E-state index contributed by atoms with van der Waals surface area (Å²) in [5, 5.41) is 4.55. The van der Waals surface area contributed by atoms with Gasteiger partial charge in [0.15, 0.2) is 5.82 Å². The summed E-state index contributed by atoms with van der Waals surface area (Å²) in [6.45, 7) is 3.25. The number of aryl methyl sites for hydroxylation is 1.